The SMILES string of the molecule is Cc1cc(C2=CCN(C(=O)O)CC2)cc(C)c1O. The first-order chi connectivity index (χ1) is 8.49. The van der Waals surface area contributed by atoms with Gasteiger partial charge in [0.2, 0.25) is 0 Å². The van der Waals surface area contributed by atoms with E-state index in [1.54, 1.807) is 0 Å². The van der Waals surface area contributed by atoms with Gasteiger partial charge in [0.25, 0.3) is 0 Å². The highest BCUT2D eigenvalue weighted by atomic mass is 16.4. The van der Waals surface area contributed by atoms with Gasteiger partial charge in [-0.1, -0.05) is 6.08 Å². The molecule has 2 N–H and O–H groups in total. The highest BCUT2D eigenvalue weighted by molar-refractivity contribution is 5.72. The molecule has 4 nitrogen and oxygen atoms in total. The summed E-state index contributed by atoms with van der Waals surface area (Å²) in [5, 5.41) is 18.6. The second-order valence-corrected chi connectivity index (χ2v) is 4.67. The first-order valence-electron chi connectivity index (χ1n) is 5.96. The summed E-state index contributed by atoms with van der Waals surface area (Å²) in [6.07, 6.45) is 1.79. The average Bonchev–Trinajstić information content (AvgIpc) is 2.35. The first-order valence-corrected chi connectivity index (χ1v) is 5.96. The largest absolute Gasteiger partial charge is 0.507 e. The summed E-state index contributed by atoms with van der Waals surface area (Å²) in [5.41, 5.74) is 3.93. The standard InChI is InChI=1S/C14H17NO3/c1-9-7-12(8-10(2)13(9)16)11-3-5-15(6-4-11)14(17)18/h3,7-8,16H,4-6H2,1-2H3,(H,17,18). The molecule has 0 atom stereocenters. The molecule has 0 fully saturated rings. The predicted octanol–water partition coefficient (Wildman–Crippen LogP) is 2.78. The van der Waals surface area contributed by atoms with Crippen molar-refractivity contribution in [1.82, 2.24) is 4.90 Å². The number of amides is 1. The van der Waals surface area contributed by atoms with Crippen LogP contribution in [0.3, 0.4) is 0 Å². The fraction of sp³-hybridized carbons (Fsp3) is 0.357. The number of nitrogens with zero attached hydrogens (tertiary/aromatic N) is 1. The molecule has 1 aromatic rings. The fourth-order valence-electron chi connectivity index (χ4n) is 2.25. The van der Waals surface area contributed by atoms with Gasteiger partial charge in [0.05, 0.1) is 0 Å². The number of aryl methyl sites for hydroxylation is 2. The topological polar surface area (TPSA) is 60.8 Å². The molecule has 0 bridgehead atoms. The third-order valence-corrected chi connectivity index (χ3v) is 3.34. The van der Waals surface area contributed by atoms with Crippen LogP contribution in [0.25, 0.3) is 5.57 Å². The van der Waals surface area contributed by atoms with Gasteiger partial charge in [0, 0.05) is 13.1 Å². The number of carboxylic acid groups (broad SMARTS) is 1. The van der Waals surface area contributed by atoms with Crippen LogP contribution in [0.1, 0.15) is 23.1 Å². The Morgan fingerprint density at radius 1 is 1.28 bits per heavy atom. The number of phenols is 1. The van der Waals surface area contributed by atoms with Gasteiger partial charge in [-0.15, -0.1) is 0 Å². The summed E-state index contributed by atoms with van der Waals surface area (Å²) in [5.74, 6) is 0.335. The van der Waals surface area contributed by atoms with Gasteiger partial charge < -0.3 is 15.1 Å². The fourth-order valence-corrected chi connectivity index (χ4v) is 2.25. The number of rotatable bonds is 1. The van der Waals surface area contributed by atoms with Crippen molar-refractivity contribution in [3.63, 3.8) is 0 Å². The number of hydrogen-bond donors (Lipinski definition) is 2. The van der Waals surface area contributed by atoms with Gasteiger partial charge >= 0.3 is 6.09 Å². The molecule has 0 aliphatic carbocycles. The molecule has 0 saturated heterocycles. The summed E-state index contributed by atoms with van der Waals surface area (Å²) in [4.78, 5) is 12.2. The van der Waals surface area contributed by atoms with E-state index in [0.717, 1.165) is 28.7 Å². The summed E-state index contributed by atoms with van der Waals surface area (Å²) >= 11 is 0. The Bertz CT molecular complexity index is 497. The van der Waals surface area contributed by atoms with E-state index in [-0.39, 0.29) is 0 Å². The highest BCUT2D eigenvalue weighted by Gasteiger charge is 2.17. The van der Waals surface area contributed by atoms with E-state index in [9.17, 15) is 9.90 Å². The Hall–Kier alpha value is -1.97. The second kappa shape index (κ2) is 4.72. The lowest BCUT2D eigenvalue weighted by molar-refractivity contribution is 0.150. The quantitative estimate of drug-likeness (QED) is 0.802. The van der Waals surface area contributed by atoms with Crippen LogP contribution in [0.4, 0.5) is 4.79 Å². The molecule has 4 heteroatoms. The molecule has 1 aromatic carbocycles. The molecule has 0 radical (unpaired) electrons. The second-order valence-electron chi connectivity index (χ2n) is 4.67. The van der Waals surface area contributed by atoms with Crippen LogP contribution in [0.5, 0.6) is 5.75 Å². The van der Waals surface area contributed by atoms with Crippen LogP contribution in [0, 0.1) is 13.8 Å². The van der Waals surface area contributed by atoms with Crippen LogP contribution in [-0.4, -0.2) is 34.3 Å². The third-order valence-electron chi connectivity index (χ3n) is 3.34. The maximum Gasteiger partial charge on any atom is 0.407 e. The van der Waals surface area contributed by atoms with Crippen molar-refractivity contribution in [2.45, 2.75) is 20.3 Å². The van der Waals surface area contributed by atoms with E-state index in [0.29, 0.717) is 18.8 Å². The van der Waals surface area contributed by atoms with E-state index in [1.807, 2.05) is 32.1 Å². The average molecular weight is 247 g/mol. The molecular formula is C14H17NO3. The van der Waals surface area contributed by atoms with Crippen LogP contribution >= 0.6 is 0 Å². The minimum atomic E-state index is -0.872. The van der Waals surface area contributed by atoms with Gasteiger partial charge in [-0.25, -0.2) is 4.79 Å². The number of hydrogen-bond acceptors (Lipinski definition) is 2. The Kier molecular flexibility index (Phi) is 3.28. The zero-order chi connectivity index (χ0) is 13.3. The van der Waals surface area contributed by atoms with Crippen molar-refractivity contribution in [3.8, 4) is 5.75 Å². The minimum absolute atomic E-state index is 0.335. The van der Waals surface area contributed by atoms with Gasteiger partial charge in [-0.3, -0.25) is 0 Å². The number of carbonyl (C=O) groups is 1. The summed E-state index contributed by atoms with van der Waals surface area (Å²) in [6.45, 7) is 4.71. The summed E-state index contributed by atoms with van der Waals surface area (Å²) < 4.78 is 0. The summed E-state index contributed by atoms with van der Waals surface area (Å²) in [6, 6.07) is 3.90. The molecule has 1 heterocycles. The van der Waals surface area contributed by atoms with Crippen LogP contribution < -0.4 is 0 Å². The van der Waals surface area contributed by atoms with Crippen LogP contribution in [-0.2, 0) is 0 Å². The third kappa shape index (κ3) is 2.32. The number of benzene rings is 1. The predicted molar refractivity (Wildman–Crippen MR) is 69.8 cm³/mol. The first kappa shape index (κ1) is 12.5. The molecule has 96 valence electrons. The molecule has 2 rings (SSSR count). The number of aromatic hydroxyl groups is 1. The normalized spacial score (nSPS) is 15.4. The Morgan fingerprint density at radius 2 is 1.89 bits per heavy atom. The Balaban J connectivity index is 2.26. The smallest absolute Gasteiger partial charge is 0.407 e. The van der Waals surface area contributed by atoms with Crippen molar-refractivity contribution in [1.29, 1.82) is 0 Å². The van der Waals surface area contributed by atoms with Crippen molar-refractivity contribution < 1.29 is 15.0 Å². The van der Waals surface area contributed by atoms with E-state index in [4.69, 9.17) is 5.11 Å². The van der Waals surface area contributed by atoms with Crippen molar-refractivity contribution in [3.05, 3.63) is 34.9 Å². The van der Waals surface area contributed by atoms with Gasteiger partial charge in [0.1, 0.15) is 5.75 Å². The molecule has 0 saturated carbocycles. The number of phenolic OH excluding ortho intramolecular Hbond substituents is 1. The molecule has 0 unspecified atom stereocenters. The monoisotopic (exact) mass is 247 g/mol. The molecule has 0 spiro atoms. The van der Waals surface area contributed by atoms with Crippen LogP contribution in [0.2, 0.25) is 0 Å². The van der Waals surface area contributed by atoms with Gasteiger partial charge in [-0.2, -0.15) is 0 Å². The van der Waals surface area contributed by atoms with E-state index >= 15 is 0 Å². The van der Waals surface area contributed by atoms with Crippen molar-refractivity contribution in [2.75, 3.05) is 13.1 Å². The Morgan fingerprint density at radius 3 is 2.33 bits per heavy atom. The molecule has 1 aliphatic rings. The lowest BCUT2D eigenvalue weighted by atomic mass is 9.95. The Labute approximate surface area is 106 Å². The van der Waals surface area contributed by atoms with Gasteiger partial charge in [0.15, 0.2) is 0 Å². The minimum Gasteiger partial charge on any atom is -0.507 e. The summed E-state index contributed by atoms with van der Waals surface area (Å²) in [7, 11) is 0. The lowest BCUT2D eigenvalue weighted by Crippen LogP contribution is -2.33. The zero-order valence-electron chi connectivity index (χ0n) is 10.6. The van der Waals surface area contributed by atoms with Crippen molar-refractivity contribution >= 4 is 11.7 Å². The molecular weight excluding hydrogens is 230 g/mol. The van der Waals surface area contributed by atoms with Crippen molar-refractivity contribution in [2.24, 2.45) is 0 Å². The van der Waals surface area contributed by atoms with E-state index in [1.165, 1.54) is 4.90 Å². The highest BCUT2D eigenvalue weighted by Crippen LogP contribution is 2.29. The molecule has 1 amide bonds. The maximum absolute atomic E-state index is 10.8. The molecule has 1 aliphatic heterocycles. The van der Waals surface area contributed by atoms with E-state index < -0.39 is 6.09 Å². The maximum atomic E-state index is 10.8. The van der Waals surface area contributed by atoms with E-state index in [2.05, 4.69) is 0 Å². The van der Waals surface area contributed by atoms with Crippen LogP contribution in [0.15, 0.2) is 18.2 Å². The molecule has 0 aromatic heterocycles. The molecule has 18 heavy (non-hydrogen) atoms. The zero-order valence-corrected chi connectivity index (χ0v) is 10.6. The van der Waals surface area contributed by atoms with Gasteiger partial charge in [-0.05, 0) is 54.7 Å². The lowest BCUT2D eigenvalue weighted by Gasteiger charge is -2.24.